The van der Waals surface area contributed by atoms with E-state index in [1.807, 2.05) is 0 Å². The third-order valence-electron chi connectivity index (χ3n) is 4.67. The van der Waals surface area contributed by atoms with E-state index in [9.17, 15) is 18.8 Å². The normalized spacial score (nSPS) is 20.0. The van der Waals surface area contributed by atoms with Crippen LogP contribution in [0, 0.1) is 5.82 Å². The van der Waals surface area contributed by atoms with Gasteiger partial charge in [0, 0.05) is 5.69 Å². The van der Waals surface area contributed by atoms with Crippen LogP contribution in [0.15, 0.2) is 52.8 Å². The zero-order valence-electron chi connectivity index (χ0n) is 15.6. The maximum Gasteiger partial charge on any atom is 0.263 e. The second-order valence-electron chi connectivity index (χ2n) is 6.58. The molecule has 1 N–H and O–H groups in total. The van der Waals surface area contributed by atoms with Crippen molar-refractivity contribution in [3.8, 4) is 5.75 Å². The number of rotatable bonds is 5. The van der Waals surface area contributed by atoms with Crippen molar-refractivity contribution in [2.75, 3.05) is 23.9 Å². The molecule has 0 bridgehead atoms. The number of ether oxygens (including phenoxy) is 1. The third-order valence-corrected chi connectivity index (χ3v) is 4.96. The summed E-state index contributed by atoms with van der Waals surface area (Å²) in [6, 6.07) is 7.79. The number of carbonyl (C=O) groups is 3. The highest BCUT2D eigenvalue weighted by molar-refractivity contribution is 6.33. The predicted molar refractivity (Wildman–Crippen MR) is 105 cm³/mol. The fourth-order valence-corrected chi connectivity index (χ4v) is 3.57. The van der Waals surface area contributed by atoms with Crippen LogP contribution in [0.4, 0.5) is 15.8 Å². The molecule has 30 heavy (non-hydrogen) atoms. The molecule has 2 aromatic rings. The van der Waals surface area contributed by atoms with Gasteiger partial charge in [0.1, 0.15) is 18.1 Å². The van der Waals surface area contributed by atoms with Gasteiger partial charge in [-0.15, -0.1) is 0 Å². The Bertz CT molecular complexity index is 1080. The number of halogens is 2. The fraction of sp³-hybridized carbons (Fsp3) is 0.211. The smallest absolute Gasteiger partial charge is 0.263 e. The number of nitrogens with zero attached hydrogens (tertiary/aromatic N) is 4. The zero-order valence-corrected chi connectivity index (χ0v) is 16.3. The lowest BCUT2D eigenvalue weighted by atomic mass is 10.1. The van der Waals surface area contributed by atoms with Gasteiger partial charge in [-0.2, -0.15) is 5.11 Å². The molecule has 154 valence electrons. The minimum Gasteiger partial charge on any atom is -0.495 e. The summed E-state index contributed by atoms with van der Waals surface area (Å²) >= 11 is 6.10. The Balaban J connectivity index is 1.50. The van der Waals surface area contributed by atoms with Crippen molar-refractivity contribution in [2.45, 2.75) is 12.1 Å². The number of methoxy groups -OCH3 is 1. The maximum atomic E-state index is 13.3. The van der Waals surface area contributed by atoms with Crippen molar-refractivity contribution < 1.29 is 23.5 Å². The van der Waals surface area contributed by atoms with E-state index in [-0.39, 0.29) is 22.9 Å². The summed E-state index contributed by atoms with van der Waals surface area (Å²) < 4.78 is 18.4. The molecule has 2 aliphatic heterocycles. The Kier molecular flexibility index (Phi) is 5.08. The van der Waals surface area contributed by atoms with Crippen molar-refractivity contribution >= 4 is 40.7 Å². The number of benzene rings is 2. The van der Waals surface area contributed by atoms with Crippen molar-refractivity contribution in [1.29, 1.82) is 0 Å². The van der Waals surface area contributed by atoms with Gasteiger partial charge in [-0.1, -0.05) is 22.9 Å². The van der Waals surface area contributed by atoms with Crippen LogP contribution >= 0.6 is 11.6 Å². The first-order valence-electron chi connectivity index (χ1n) is 8.83. The quantitative estimate of drug-likeness (QED) is 0.732. The Morgan fingerprint density at radius 2 is 2.03 bits per heavy atom. The highest BCUT2D eigenvalue weighted by Crippen LogP contribution is 2.35. The first-order chi connectivity index (χ1) is 14.4. The number of amides is 3. The van der Waals surface area contributed by atoms with Crippen LogP contribution in [-0.4, -0.2) is 48.5 Å². The molecule has 2 heterocycles. The van der Waals surface area contributed by atoms with E-state index in [1.165, 1.54) is 43.5 Å². The zero-order chi connectivity index (χ0) is 21.4. The third kappa shape index (κ3) is 3.45. The Hall–Kier alpha value is -3.53. The van der Waals surface area contributed by atoms with E-state index in [4.69, 9.17) is 16.3 Å². The van der Waals surface area contributed by atoms with Crippen molar-refractivity contribution in [3.05, 3.63) is 53.3 Å². The number of carbonyl (C=O) groups excluding carboxylic acids is 3. The number of hydrogen-bond donors (Lipinski definition) is 1. The Morgan fingerprint density at radius 3 is 2.73 bits per heavy atom. The van der Waals surface area contributed by atoms with Gasteiger partial charge < -0.3 is 10.1 Å². The van der Waals surface area contributed by atoms with Crippen molar-refractivity contribution in [1.82, 2.24) is 5.01 Å². The SMILES string of the molecule is COc1ccc(N2C(=O)[C@H]3N=NN(CC(=O)Nc4cccc(F)c4)[C@H]3C2=O)cc1Cl. The number of hydrogen-bond acceptors (Lipinski definition) is 7. The van der Waals surface area contributed by atoms with E-state index < -0.39 is 35.6 Å². The molecule has 9 nitrogen and oxygen atoms in total. The molecule has 1 saturated heterocycles. The van der Waals surface area contributed by atoms with Crippen molar-refractivity contribution in [2.24, 2.45) is 10.3 Å². The van der Waals surface area contributed by atoms with Gasteiger partial charge in [0.15, 0.2) is 12.1 Å². The highest BCUT2D eigenvalue weighted by atomic mass is 35.5. The molecular formula is C19H15ClFN5O4. The van der Waals surface area contributed by atoms with E-state index in [0.717, 1.165) is 16.0 Å². The van der Waals surface area contributed by atoms with Crippen molar-refractivity contribution in [3.63, 3.8) is 0 Å². The molecule has 0 radical (unpaired) electrons. The molecule has 11 heteroatoms. The molecule has 0 unspecified atom stereocenters. The van der Waals surface area contributed by atoms with Gasteiger partial charge in [-0.25, -0.2) is 9.29 Å². The molecule has 0 saturated carbocycles. The molecule has 2 atom stereocenters. The molecule has 0 aromatic heterocycles. The van der Waals surface area contributed by atoms with E-state index in [1.54, 1.807) is 0 Å². The molecular weight excluding hydrogens is 417 g/mol. The average molecular weight is 432 g/mol. The molecule has 3 amide bonds. The number of imide groups is 1. The number of fused-ring (bicyclic) bond motifs is 1. The largest absolute Gasteiger partial charge is 0.495 e. The van der Waals surface area contributed by atoms with E-state index in [0.29, 0.717) is 5.75 Å². The summed E-state index contributed by atoms with van der Waals surface area (Å²) in [5.41, 5.74) is 0.528. The Labute approximate surface area is 175 Å². The summed E-state index contributed by atoms with van der Waals surface area (Å²) in [7, 11) is 1.45. The van der Waals surface area contributed by atoms with Gasteiger partial charge in [-0.05, 0) is 36.4 Å². The van der Waals surface area contributed by atoms with Gasteiger partial charge >= 0.3 is 0 Å². The lowest BCUT2D eigenvalue weighted by Gasteiger charge is -2.20. The van der Waals surface area contributed by atoms with Crippen LogP contribution in [0.5, 0.6) is 5.75 Å². The van der Waals surface area contributed by atoms with Crippen LogP contribution in [0.1, 0.15) is 0 Å². The summed E-state index contributed by atoms with van der Waals surface area (Å²) in [6.45, 7) is -0.336. The first kappa shape index (κ1) is 19.8. The summed E-state index contributed by atoms with van der Waals surface area (Å²) in [4.78, 5) is 39.0. The lowest BCUT2D eigenvalue weighted by molar-refractivity contribution is -0.123. The monoisotopic (exact) mass is 431 g/mol. The number of nitrogens with one attached hydrogen (secondary N) is 1. The van der Waals surface area contributed by atoms with Crippen LogP contribution in [0.3, 0.4) is 0 Å². The summed E-state index contributed by atoms with van der Waals surface area (Å²) in [6.07, 6.45) is 0. The van der Waals surface area contributed by atoms with Crippen LogP contribution in [0.2, 0.25) is 5.02 Å². The fourth-order valence-electron chi connectivity index (χ4n) is 3.32. The van der Waals surface area contributed by atoms with E-state index >= 15 is 0 Å². The maximum absolute atomic E-state index is 13.3. The minimum absolute atomic E-state index is 0.237. The lowest BCUT2D eigenvalue weighted by Crippen LogP contribution is -2.43. The van der Waals surface area contributed by atoms with Gasteiger partial charge in [-0.3, -0.25) is 19.4 Å². The molecule has 0 spiro atoms. The van der Waals surface area contributed by atoms with Crippen LogP contribution in [0.25, 0.3) is 0 Å². The summed E-state index contributed by atoms with van der Waals surface area (Å²) in [5.74, 6) is -1.78. The van der Waals surface area contributed by atoms with Crippen LogP contribution < -0.4 is 15.0 Å². The van der Waals surface area contributed by atoms with Gasteiger partial charge in [0.05, 0.1) is 17.8 Å². The molecule has 0 aliphatic carbocycles. The molecule has 1 fully saturated rings. The molecule has 2 aromatic carbocycles. The predicted octanol–water partition coefficient (Wildman–Crippen LogP) is 2.42. The van der Waals surface area contributed by atoms with E-state index in [2.05, 4.69) is 15.7 Å². The second kappa shape index (κ2) is 7.71. The number of anilines is 2. The summed E-state index contributed by atoms with van der Waals surface area (Å²) in [5, 5.41) is 11.6. The minimum atomic E-state index is -1.06. The molecule has 2 aliphatic rings. The second-order valence-corrected chi connectivity index (χ2v) is 6.99. The topological polar surface area (TPSA) is 104 Å². The van der Waals surface area contributed by atoms with Gasteiger partial charge in [0.2, 0.25) is 5.91 Å². The van der Waals surface area contributed by atoms with Gasteiger partial charge in [0.25, 0.3) is 11.8 Å². The Morgan fingerprint density at radius 1 is 1.23 bits per heavy atom. The average Bonchev–Trinajstić information content (AvgIpc) is 3.21. The first-order valence-corrected chi connectivity index (χ1v) is 9.21. The molecule has 4 rings (SSSR count). The highest BCUT2D eigenvalue weighted by Gasteiger charge is 2.55. The standard InChI is InChI=1S/C19H15ClFN5O4/c1-30-14-6-5-12(8-13(14)20)26-18(28)16-17(19(26)29)25(24-23-16)9-15(27)22-11-4-2-3-10(21)7-11/h2-8,16-17H,9H2,1H3,(H,22,27)/t16-,17+/m0/s1. The van der Waals surface area contributed by atoms with Crippen LogP contribution in [-0.2, 0) is 14.4 Å².